The normalized spacial score (nSPS) is 26.3. The molecule has 5 nitrogen and oxygen atoms in total. The largest absolute Gasteiger partial charge is 0.480 e. The molecule has 1 aliphatic rings. The Morgan fingerprint density at radius 3 is 2.95 bits per heavy atom. The number of nitrogens with zero attached hydrogens (tertiary/aromatic N) is 2. The number of aromatic nitrogens is 2. The molecule has 1 aliphatic carbocycles. The topological polar surface area (TPSA) is 67.2 Å². The molecule has 2 atom stereocenters. The van der Waals surface area contributed by atoms with Crippen LogP contribution in [0.25, 0.3) is 0 Å². The highest BCUT2D eigenvalue weighted by atomic mass is 16.4. The van der Waals surface area contributed by atoms with Crippen LogP contribution in [0.15, 0.2) is 12.4 Å². The van der Waals surface area contributed by atoms with Crippen molar-refractivity contribution >= 4 is 5.97 Å². The van der Waals surface area contributed by atoms with Crippen LogP contribution >= 0.6 is 0 Å². The number of hydrogen-bond donors (Lipinski definition) is 2. The van der Waals surface area contributed by atoms with Gasteiger partial charge in [0.2, 0.25) is 0 Å². The van der Waals surface area contributed by atoms with Crippen LogP contribution in [-0.2, 0) is 11.3 Å². The van der Waals surface area contributed by atoms with Crippen molar-refractivity contribution in [3.8, 4) is 0 Å². The van der Waals surface area contributed by atoms with Crippen molar-refractivity contribution in [3.63, 3.8) is 0 Å². The summed E-state index contributed by atoms with van der Waals surface area (Å²) in [4.78, 5) is 16.0. The van der Waals surface area contributed by atoms with Gasteiger partial charge in [-0.15, -0.1) is 0 Å². The number of nitrogens with one attached hydrogen (secondary N) is 1. The van der Waals surface area contributed by atoms with E-state index in [1.807, 2.05) is 27.0 Å². The van der Waals surface area contributed by atoms with Crippen LogP contribution in [0.4, 0.5) is 0 Å². The van der Waals surface area contributed by atoms with Crippen molar-refractivity contribution in [3.05, 3.63) is 18.2 Å². The highest BCUT2D eigenvalue weighted by molar-refractivity contribution is 5.79. The molecule has 0 spiro atoms. The third-order valence-electron chi connectivity index (χ3n) is 4.39. The number of imidazole rings is 1. The summed E-state index contributed by atoms with van der Waals surface area (Å²) in [5.74, 6) is 0.473. The van der Waals surface area contributed by atoms with Gasteiger partial charge in [0, 0.05) is 25.0 Å². The van der Waals surface area contributed by atoms with Gasteiger partial charge in [-0.2, -0.15) is 0 Å². The number of carbonyl (C=O) groups is 1. The quantitative estimate of drug-likeness (QED) is 0.837. The van der Waals surface area contributed by atoms with E-state index >= 15 is 0 Å². The molecule has 1 fully saturated rings. The molecule has 112 valence electrons. The van der Waals surface area contributed by atoms with Crippen LogP contribution < -0.4 is 5.32 Å². The van der Waals surface area contributed by atoms with Crippen LogP contribution in [0.1, 0.15) is 45.4 Å². The average Bonchev–Trinajstić information content (AvgIpc) is 2.93. The smallest absolute Gasteiger partial charge is 0.324 e. The van der Waals surface area contributed by atoms with E-state index in [9.17, 15) is 9.90 Å². The second-order valence-electron chi connectivity index (χ2n) is 6.12. The third kappa shape index (κ3) is 2.87. The molecule has 0 aromatic carbocycles. The highest BCUT2D eigenvalue weighted by Gasteiger charge is 2.48. The SMILES string of the molecule is Cc1nccn1CCC1CCCC1(NC(C)C)C(=O)O. The molecule has 0 amide bonds. The maximum atomic E-state index is 11.8. The Kier molecular flexibility index (Phi) is 4.48. The minimum Gasteiger partial charge on any atom is -0.480 e. The highest BCUT2D eigenvalue weighted by Crippen LogP contribution is 2.39. The van der Waals surface area contributed by atoms with Gasteiger partial charge in [0.15, 0.2) is 0 Å². The summed E-state index contributed by atoms with van der Waals surface area (Å²) in [6, 6.07) is 0.182. The predicted octanol–water partition coefficient (Wildman–Crippen LogP) is 2.20. The third-order valence-corrected chi connectivity index (χ3v) is 4.39. The van der Waals surface area contributed by atoms with E-state index in [4.69, 9.17) is 0 Å². The zero-order valence-electron chi connectivity index (χ0n) is 12.6. The standard InChI is InChI=1S/C15H25N3O2/c1-11(2)17-15(14(19)20)7-4-5-13(15)6-9-18-10-8-16-12(18)3/h8,10-11,13,17H,4-7,9H2,1-3H3,(H,19,20). The lowest BCUT2D eigenvalue weighted by atomic mass is 9.84. The molecule has 0 bridgehead atoms. The van der Waals surface area contributed by atoms with Gasteiger partial charge in [0.25, 0.3) is 0 Å². The average molecular weight is 279 g/mol. The van der Waals surface area contributed by atoms with Crippen LogP contribution in [0.2, 0.25) is 0 Å². The Labute approximate surface area is 120 Å². The van der Waals surface area contributed by atoms with E-state index in [0.717, 1.165) is 38.1 Å². The molecule has 0 radical (unpaired) electrons. The fourth-order valence-corrected chi connectivity index (χ4v) is 3.45. The minimum atomic E-state index is -0.747. The molecular formula is C15H25N3O2. The lowest BCUT2D eigenvalue weighted by molar-refractivity contribution is -0.147. The zero-order valence-corrected chi connectivity index (χ0v) is 12.6. The number of hydrogen-bond acceptors (Lipinski definition) is 3. The summed E-state index contributed by atoms with van der Waals surface area (Å²) in [6.45, 7) is 6.84. The molecule has 1 aromatic rings. The van der Waals surface area contributed by atoms with E-state index in [0.29, 0.717) is 0 Å². The van der Waals surface area contributed by atoms with Gasteiger partial charge in [-0.1, -0.05) is 6.42 Å². The van der Waals surface area contributed by atoms with Crippen molar-refractivity contribution in [2.75, 3.05) is 0 Å². The molecule has 1 aromatic heterocycles. The molecule has 1 heterocycles. The first-order valence-electron chi connectivity index (χ1n) is 7.44. The van der Waals surface area contributed by atoms with Gasteiger partial charge >= 0.3 is 5.97 Å². The summed E-state index contributed by atoms with van der Waals surface area (Å²) < 4.78 is 2.10. The molecule has 1 saturated carbocycles. The van der Waals surface area contributed by atoms with Crippen LogP contribution in [0.3, 0.4) is 0 Å². The maximum absolute atomic E-state index is 11.8. The molecule has 5 heteroatoms. The Bertz CT molecular complexity index is 469. The summed E-state index contributed by atoms with van der Waals surface area (Å²) in [6.07, 6.45) is 7.33. The van der Waals surface area contributed by atoms with Gasteiger partial charge < -0.3 is 9.67 Å². The lowest BCUT2D eigenvalue weighted by Gasteiger charge is -2.34. The Morgan fingerprint density at radius 1 is 1.65 bits per heavy atom. The van der Waals surface area contributed by atoms with E-state index in [-0.39, 0.29) is 12.0 Å². The van der Waals surface area contributed by atoms with Gasteiger partial charge in [0.1, 0.15) is 11.4 Å². The predicted molar refractivity (Wildman–Crippen MR) is 77.6 cm³/mol. The first kappa shape index (κ1) is 15.0. The molecule has 0 aliphatic heterocycles. The molecular weight excluding hydrogens is 254 g/mol. The van der Waals surface area contributed by atoms with Crippen molar-refractivity contribution < 1.29 is 9.90 Å². The first-order valence-corrected chi connectivity index (χ1v) is 7.44. The van der Waals surface area contributed by atoms with Crippen LogP contribution in [-0.4, -0.2) is 32.2 Å². The minimum absolute atomic E-state index is 0.182. The maximum Gasteiger partial charge on any atom is 0.324 e. The van der Waals surface area contributed by atoms with E-state index in [1.54, 1.807) is 6.20 Å². The Morgan fingerprint density at radius 2 is 2.40 bits per heavy atom. The van der Waals surface area contributed by atoms with Gasteiger partial charge in [-0.3, -0.25) is 10.1 Å². The molecule has 2 rings (SSSR count). The fraction of sp³-hybridized carbons (Fsp3) is 0.733. The number of aryl methyl sites for hydroxylation is 2. The molecule has 20 heavy (non-hydrogen) atoms. The molecule has 2 N–H and O–H groups in total. The van der Waals surface area contributed by atoms with Crippen molar-refractivity contribution in [2.24, 2.45) is 5.92 Å². The first-order chi connectivity index (χ1) is 9.45. The van der Waals surface area contributed by atoms with Gasteiger partial charge in [-0.05, 0) is 46.0 Å². The Hall–Kier alpha value is -1.36. The van der Waals surface area contributed by atoms with Crippen LogP contribution in [0.5, 0.6) is 0 Å². The Balaban J connectivity index is 2.08. The number of rotatable bonds is 6. The summed E-state index contributed by atoms with van der Waals surface area (Å²) >= 11 is 0. The number of carboxylic acid groups (broad SMARTS) is 1. The molecule has 2 unspecified atom stereocenters. The van der Waals surface area contributed by atoms with Crippen LogP contribution in [0, 0.1) is 12.8 Å². The monoisotopic (exact) mass is 279 g/mol. The zero-order chi connectivity index (χ0) is 14.8. The van der Waals surface area contributed by atoms with E-state index < -0.39 is 11.5 Å². The van der Waals surface area contributed by atoms with E-state index in [2.05, 4.69) is 14.9 Å². The van der Waals surface area contributed by atoms with Crippen molar-refractivity contribution in [2.45, 2.75) is 64.6 Å². The lowest BCUT2D eigenvalue weighted by Crippen LogP contribution is -2.57. The van der Waals surface area contributed by atoms with E-state index in [1.165, 1.54) is 0 Å². The second-order valence-corrected chi connectivity index (χ2v) is 6.12. The number of aliphatic carboxylic acids is 1. The second kappa shape index (κ2) is 5.95. The van der Waals surface area contributed by atoms with Gasteiger partial charge in [-0.25, -0.2) is 4.98 Å². The van der Waals surface area contributed by atoms with Crippen molar-refractivity contribution in [1.29, 1.82) is 0 Å². The summed E-state index contributed by atoms with van der Waals surface area (Å²) in [7, 11) is 0. The van der Waals surface area contributed by atoms with Gasteiger partial charge in [0.05, 0.1) is 0 Å². The summed E-state index contributed by atoms with van der Waals surface area (Å²) in [5.41, 5.74) is -0.747. The molecule has 0 saturated heterocycles. The summed E-state index contributed by atoms with van der Waals surface area (Å²) in [5, 5.41) is 13.0. The number of carboxylic acids is 1. The fourth-order valence-electron chi connectivity index (χ4n) is 3.45. The van der Waals surface area contributed by atoms with Crippen molar-refractivity contribution in [1.82, 2.24) is 14.9 Å².